The van der Waals surface area contributed by atoms with Crippen molar-refractivity contribution in [3.63, 3.8) is 0 Å². The standard InChI is InChI=1S/C14H22N2O.ClH/c1-4-14(5-2,11-15)13(17)16(3)12-9-7-6-8-10-12;/h6-10H,4-5,11,15H2,1-3H3;1H. The molecule has 0 aliphatic heterocycles. The molecule has 0 spiro atoms. The minimum Gasteiger partial charge on any atom is -0.329 e. The Hall–Kier alpha value is -1.06. The van der Waals surface area contributed by atoms with Gasteiger partial charge in [-0.3, -0.25) is 4.79 Å². The fraction of sp³-hybridized carbons (Fsp3) is 0.500. The third kappa shape index (κ3) is 3.24. The lowest BCUT2D eigenvalue weighted by atomic mass is 9.81. The molecule has 0 heterocycles. The lowest BCUT2D eigenvalue weighted by molar-refractivity contribution is -0.127. The zero-order chi connectivity index (χ0) is 12.9. The first-order valence-corrected chi connectivity index (χ1v) is 6.14. The number of nitrogens with zero attached hydrogens (tertiary/aromatic N) is 1. The molecule has 1 aromatic rings. The second-order valence-corrected chi connectivity index (χ2v) is 4.39. The van der Waals surface area contributed by atoms with Crippen LogP contribution in [0.3, 0.4) is 0 Å². The summed E-state index contributed by atoms with van der Waals surface area (Å²) >= 11 is 0. The summed E-state index contributed by atoms with van der Waals surface area (Å²) in [6.07, 6.45) is 1.55. The number of halogens is 1. The molecule has 1 aromatic carbocycles. The van der Waals surface area contributed by atoms with Gasteiger partial charge in [0.2, 0.25) is 5.91 Å². The van der Waals surface area contributed by atoms with Crippen LogP contribution in [0.1, 0.15) is 26.7 Å². The Bertz CT molecular complexity index is 355. The number of carbonyl (C=O) groups is 1. The van der Waals surface area contributed by atoms with Crippen LogP contribution in [0.4, 0.5) is 5.69 Å². The minimum atomic E-state index is -0.426. The van der Waals surface area contributed by atoms with Crippen molar-refractivity contribution in [1.82, 2.24) is 0 Å². The molecule has 1 amide bonds. The Morgan fingerprint density at radius 2 is 1.72 bits per heavy atom. The molecule has 0 radical (unpaired) electrons. The van der Waals surface area contributed by atoms with E-state index >= 15 is 0 Å². The number of hydrogen-bond donors (Lipinski definition) is 1. The van der Waals surface area contributed by atoms with Gasteiger partial charge in [-0.05, 0) is 25.0 Å². The SMILES string of the molecule is CCC(CC)(CN)C(=O)N(C)c1ccccc1.Cl. The molecule has 0 atom stereocenters. The van der Waals surface area contributed by atoms with Gasteiger partial charge in [-0.25, -0.2) is 0 Å². The van der Waals surface area contributed by atoms with Crippen molar-refractivity contribution < 1.29 is 4.79 Å². The molecule has 2 N–H and O–H groups in total. The van der Waals surface area contributed by atoms with E-state index in [1.165, 1.54) is 0 Å². The molecule has 1 rings (SSSR count). The highest BCUT2D eigenvalue weighted by atomic mass is 35.5. The van der Waals surface area contributed by atoms with Gasteiger partial charge in [-0.2, -0.15) is 0 Å². The Kier molecular flexibility index (Phi) is 6.96. The zero-order valence-electron chi connectivity index (χ0n) is 11.3. The summed E-state index contributed by atoms with van der Waals surface area (Å²) in [5.41, 5.74) is 6.29. The van der Waals surface area contributed by atoms with Crippen LogP contribution in [0, 0.1) is 5.41 Å². The highest BCUT2D eigenvalue weighted by Crippen LogP contribution is 2.29. The van der Waals surface area contributed by atoms with E-state index in [0.717, 1.165) is 18.5 Å². The Morgan fingerprint density at radius 3 is 2.11 bits per heavy atom. The Labute approximate surface area is 116 Å². The van der Waals surface area contributed by atoms with Crippen LogP contribution in [0.2, 0.25) is 0 Å². The van der Waals surface area contributed by atoms with Crippen LogP contribution in [-0.2, 0) is 4.79 Å². The molecule has 0 unspecified atom stereocenters. The van der Waals surface area contributed by atoms with E-state index < -0.39 is 5.41 Å². The zero-order valence-corrected chi connectivity index (χ0v) is 12.2. The highest BCUT2D eigenvalue weighted by Gasteiger charge is 2.35. The molecule has 0 bridgehead atoms. The fourth-order valence-corrected chi connectivity index (χ4v) is 2.05. The smallest absolute Gasteiger partial charge is 0.234 e. The summed E-state index contributed by atoms with van der Waals surface area (Å²) in [5.74, 6) is 0.108. The summed E-state index contributed by atoms with van der Waals surface area (Å²) in [6.45, 7) is 4.44. The maximum absolute atomic E-state index is 12.5. The van der Waals surface area contributed by atoms with Gasteiger partial charge in [-0.15, -0.1) is 12.4 Å². The summed E-state index contributed by atoms with van der Waals surface area (Å²) in [6, 6.07) is 9.68. The van der Waals surface area contributed by atoms with Gasteiger partial charge in [0.25, 0.3) is 0 Å². The maximum atomic E-state index is 12.5. The normalized spacial score (nSPS) is 10.7. The molecule has 0 saturated carbocycles. The van der Waals surface area contributed by atoms with Crippen LogP contribution in [-0.4, -0.2) is 19.5 Å². The molecular weight excluding hydrogens is 248 g/mol. The van der Waals surface area contributed by atoms with Crippen LogP contribution >= 0.6 is 12.4 Å². The van der Waals surface area contributed by atoms with Crippen LogP contribution in [0.5, 0.6) is 0 Å². The van der Waals surface area contributed by atoms with E-state index in [1.54, 1.807) is 4.90 Å². The van der Waals surface area contributed by atoms with Gasteiger partial charge in [0.05, 0.1) is 5.41 Å². The van der Waals surface area contributed by atoms with Crippen molar-refractivity contribution in [3.8, 4) is 0 Å². The summed E-state index contributed by atoms with van der Waals surface area (Å²) in [4.78, 5) is 14.2. The Balaban J connectivity index is 0.00000289. The van der Waals surface area contributed by atoms with Gasteiger partial charge in [0.1, 0.15) is 0 Å². The molecule has 0 saturated heterocycles. The molecule has 0 aliphatic carbocycles. The van der Waals surface area contributed by atoms with Crippen LogP contribution in [0.15, 0.2) is 30.3 Å². The number of rotatable bonds is 5. The van der Waals surface area contributed by atoms with Crippen LogP contribution < -0.4 is 10.6 Å². The van der Waals surface area contributed by atoms with E-state index in [1.807, 2.05) is 51.2 Å². The van der Waals surface area contributed by atoms with E-state index in [0.29, 0.717) is 6.54 Å². The van der Waals surface area contributed by atoms with E-state index in [4.69, 9.17) is 5.73 Å². The number of para-hydroxylation sites is 1. The van der Waals surface area contributed by atoms with Gasteiger partial charge in [-0.1, -0.05) is 32.0 Å². The van der Waals surface area contributed by atoms with E-state index in [9.17, 15) is 4.79 Å². The third-order valence-electron chi connectivity index (χ3n) is 3.65. The first-order chi connectivity index (χ1) is 8.11. The monoisotopic (exact) mass is 270 g/mol. The number of carbonyl (C=O) groups excluding carboxylic acids is 1. The largest absolute Gasteiger partial charge is 0.329 e. The molecule has 102 valence electrons. The number of benzene rings is 1. The molecule has 18 heavy (non-hydrogen) atoms. The van der Waals surface area contributed by atoms with Crippen molar-refractivity contribution in [2.75, 3.05) is 18.5 Å². The minimum absolute atomic E-state index is 0. The summed E-state index contributed by atoms with van der Waals surface area (Å²) in [5, 5.41) is 0. The van der Waals surface area contributed by atoms with Crippen molar-refractivity contribution in [1.29, 1.82) is 0 Å². The highest BCUT2D eigenvalue weighted by molar-refractivity contribution is 5.97. The second-order valence-electron chi connectivity index (χ2n) is 4.39. The third-order valence-corrected chi connectivity index (χ3v) is 3.65. The Morgan fingerprint density at radius 1 is 1.22 bits per heavy atom. The van der Waals surface area contributed by atoms with Crippen LogP contribution in [0.25, 0.3) is 0 Å². The maximum Gasteiger partial charge on any atom is 0.234 e. The molecule has 0 aliphatic rings. The summed E-state index contributed by atoms with van der Waals surface area (Å²) < 4.78 is 0. The number of nitrogens with two attached hydrogens (primary N) is 1. The predicted molar refractivity (Wildman–Crippen MR) is 79.2 cm³/mol. The van der Waals surface area contributed by atoms with Crippen molar-refractivity contribution >= 4 is 24.0 Å². The van der Waals surface area contributed by atoms with Gasteiger partial charge in [0.15, 0.2) is 0 Å². The van der Waals surface area contributed by atoms with Gasteiger partial charge in [0, 0.05) is 19.3 Å². The van der Waals surface area contributed by atoms with E-state index in [2.05, 4.69) is 0 Å². The van der Waals surface area contributed by atoms with E-state index in [-0.39, 0.29) is 18.3 Å². The molecule has 3 nitrogen and oxygen atoms in total. The molecular formula is C14H23ClN2O. The number of anilines is 1. The molecule has 0 fully saturated rings. The predicted octanol–water partition coefficient (Wildman–Crippen LogP) is 2.84. The van der Waals surface area contributed by atoms with Gasteiger partial charge < -0.3 is 10.6 Å². The fourth-order valence-electron chi connectivity index (χ4n) is 2.05. The second kappa shape index (κ2) is 7.39. The quantitative estimate of drug-likeness (QED) is 0.894. The number of hydrogen-bond acceptors (Lipinski definition) is 2. The molecule has 4 heteroatoms. The number of amides is 1. The average molecular weight is 271 g/mol. The van der Waals surface area contributed by atoms with Crippen molar-refractivity contribution in [2.45, 2.75) is 26.7 Å². The first-order valence-electron chi connectivity index (χ1n) is 6.14. The lowest BCUT2D eigenvalue weighted by Crippen LogP contribution is -2.46. The summed E-state index contributed by atoms with van der Waals surface area (Å²) in [7, 11) is 1.81. The topological polar surface area (TPSA) is 46.3 Å². The molecule has 0 aromatic heterocycles. The van der Waals surface area contributed by atoms with Crippen molar-refractivity contribution in [2.24, 2.45) is 11.1 Å². The lowest BCUT2D eigenvalue weighted by Gasteiger charge is -2.33. The average Bonchev–Trinajstić information content (AvgIpc) is 2.41. The van der Waals surface area contributed by atoms with Crippen molar-refractivity contribution in [3.05, 3.63) is 30.3 Å². The first kappa shape index (κ1) is 16.9. The van der Waals surface area contributed by atoms with Gasteiger partial charge >= 0.3 is 0 Å².